The number of rotatable bonds is 69. The van der Waals surface area contributed by atoms with Crippen LogP contribution in [-0.4, -0.2) is 99.6 Å². The van der Waals surface area contributed by atoms with E-state index in [-0.39, 0.29) is 19.4 Å². The topological polar surface area (TPSA) is 175 Å². The fourth-order valence-electron chi connectivity index (χ4n) is 12.3. The predicted molar refractivity (Wildman–Crippen MR) is 393 cm³/mol. The zero-order chi connectivity index (χ0) is 67.4. The van der Waals surface area contributed by atoms with Gasteiger partial charge in [0, 0.05) is 6.42 Å². The fraction of sp³-hybridized carbons (Fsp3) is 0.829. The van der Waals surface area contributed by atoms with Gasteiger partial charge in [0.2, 0.25) is 5.91 Å². The molecule has 0 aliphatic carbocycles. The highest BCUT2D eigenvalue weighted by molar-refractivity contribution is 5.80. The van der Waals surface area contributed by atoms with Crippen LogP contribution in [0.25, 0.3) is 0 Å². The highest BCUT2D eigenvalue weighted by Crippen LogP contribution is 2.27. The molecular weight excluding hydrogens is 1160 g/mol. The number of hydrogen-bond donors (Lipinski definition) is 6. The van der Waals surface area contributed by atoms with Crippen molar-refractivity contribution in [1.29, 1.82) is 0 Å². The first-order valence-corrected chi connectivity index (χ1v) is 39.7. The number of hydrogen-bond acceptors (Lipinski definition) is 10. The third kappa shape index (κ3) is 55.8. The van der Waals surface area contributed by atoms with Crippen molar-refractivity contribution in [2.75, 3.05) is 13.2 Å². The van der Waals surface area contributed by atoms with E-state index in [9.17, 15) is 35.1 Å². The molecule has 6 N–H and O–H groups in total. The zero-order valence-electron chi connectivity index (χ0n) is 60.6. The van der Waals surface area contributed by atoms with Gasteiger partial charge in [-0.1, -0.05) is 344 Å². The molecule has 1 rings (SSSR count). The molecule has 1 amide bonds. The Hall–Kier alpha value is -2.90. The summed E-state index contributed by atoms with van der Waals surface area (Å²) < 4.78 is 17.7. The van der Waals surface area contributed by atoms with E-state index in [0.717, 1.165) is 83.5 Å². The summed E-state index contributed by atoms with van der Waals surface area (Å²) in [6.45, 7) is 5.80. The fourth-order valence-corrected chi connectivity index (χ4v) is 12.3. The van der Waals surface area contributed by atoms with E-state index in [1.165, 1.54) is 244 Å². The number of esters is 1. The highest BCUT2D eigenvalue weighted by atomic mass is 16.7. The van der Waals surface area contributed by atoms with Crippen molar-refractivity contribution in [1.82, 2.24) is 5.32 Å². The Balaban J connectivity index is 2.47. The quantitative estimate of drug-likeness (QED) is 0.0195. The Kier molecular flexibility index (Phi) is 65.4. The SMILES string of the molecule is CCCCC/C=C\C/C=C\C/C=C\C/C=C\CCCCCCCCCCCCC(O)C(=O)NC(COC1OC(CO)C(O)C(O)C1OC(=O)CCCCCCCCCCCCCCCCCCC/C=C/CCCCCCCC)C(O)/C=C/CCCCCCCCCCC. The molecule has 0 saturated carbocycles. The minimum atomic E-state index is -1.62. The van der Waals surface area contributed by atoms with E-state index in [1.807, 2.05) is 6.08 Å². The molecule has 542 valence electrons. The van der Waals surface area contributed by atoms with Crippen LogP contribution in [0.15, 0.2) is 72.9 Å². The van der Waals surface area contributed by atoms with E-state index in [4.69, 9.17) is 14.2 Å². The van der Waals surface area contributed by atoms with E-state index in [2.05, 4.69) is 86.8 Å². The van der Waals surface area contributed by atoms with Crippen LogP contribution < -0.4 is 5.32 Å². The van der Waals surface area contributed by atoms with Crippen LogP contribution in [0.2, 0.25) is 0 Å². The summed E-state index contributed by atoms with van der Waals surface area (Å²) in [6.07, 6.45) is 81.0. The maximum absolute atomic E-state index is 13.5. The molecule has 0 bridgehead atoms. The maximum atomic E-state index is 13.5. The predicted octanol–water partition coefficient (Wildman–Crippen LogP) is 21.4. The van der Waals surface area contributed by atoms with Gasteiger partial charge < -0.3 is 45.1 Å². The number of aliphatic hydroxyl groups excluding tert-OH is 5. The van der Waals surface area contributed by atoms with Gasteiger partial charge in [-0.25, -0.2) is 0 Å². The third-order valence-corrected chi connectivity index (χ3v) is 18.6. The van der Waals surface area contributed by atoms with E-state index in [1.54, 1.807) is 6.08 Å². The molecule has 0 aromatic rings. The molecule has 11 nitrogen and oxygen atoms in total. The average molecular weight is 1310 g/mol. The molecule has 0 aromatic heterocycles. The summed E-state index contributed by atoms with van der Waals surface area (Å²) in [4.78, 5) is 26.8. The summed E-state index contributed by atoms with van der Waals surface area (Å²) in [5.74, 6) is -1.19. The lowest BCUT2D eigenvalue weighted by Crippen LogP contribution is -2.61. The largest absolute Gasteiger partial charge is 0.454 e. The lowest BCUT2D eigenvalue weighted by molar-refractivity contribution is -0.305. The van der Waals surface area contributed by atoms with Crippen molar-refractivity contribution in [2.24, 2.45) is 0 Å². The van der Waals surface area contributed by atoms with Gasteiger partial charge in [0.1, 0.15) is 24.4 Å². The van der Waals surface area contributed by atoms with Crippen molar-refractivity contribution in [3.8, 4) is 0 Å². The van der Waals surface area contributed by atoms with Gasteiger partial charge >= 0.3 is 5.97 Å². The Bertz CT molecular complexity index is 1800. The molecule has 1 fully saturated rings. The molecule has 8 unspecified atom stereocenters. The smallest absolute Gasteiger partial charge is 0.306 e. The summed E-state index contributed by atoms with van der Waals surface area (Å²) in [5.41, 5.74) is 0. The second-order valence-corrected chi connectivity index (χ2v) is 27.4. The molecular formula is C82H149NO10. The van der Waals surface area contributed by atoms with Gasteiger partial charge in [0.15, 0.2) is 12.4 Å². The lowest BCUT2D eigenvalue weighted by atomic mass is 9.99. The zero-order valence-corrected chi connectivity index (χ0v) is 60.6. The van der Waals surface area contributed by atoms with Gasteiger partial charge in [-0.2, -0.15) is 0 Å². The van der Waals surface area contributed by atoms with Crippen molar-refractivity contribution < 1.29 is 49.3 Å². The molecule has 93 heavy (non-hydrogen) atoms. The van der Waals surface area contributed by atoms with Crippen LogP contribution in [0.5, 0.6) is 0 Å². The van der Waals surface area contributed by atoms with Crippen LogP contribution in [0, 0.1) is 0 Å². The first-order valence-electron chi connectivity index (χ1n) is 39.7. The van der Waals surface area contributed by atoms with Crippen molar-refractivity contribution in [3.05, 3.63) is 72.9 Å². The van der Waals surface area contributed by atoms with Gasteiger partial charge in [-0.05, 0) is 96.3 Å². The molecule has 1 aliphatic heterocycles. The molecule has 1 heterocycles. The summed E-state index contributed by atoms with van der Waals surface area (Å²) >= 11 is 0. The summed E-state index contributed by atoms with van der Waals surface area (Å²) in [7, 11) is 0. The van der Waals surface area contributed by atoms with Crippen LogP contribution in [-0.2, 0) is 23.8 Å². The van der Waals surface area contributed by atoms with Gasteiger partial charge in [0.05, 0.1) is 25.4 Å². The van der Waals surface area contributed by atoms with Crippen LogP contribution >= 0.6 is 0 Å². The Morgan fingerprint density at radius 2 is 0.742 bits per heavy atom. The number of nitrogens with one attached hydrogen (secondary N) is 1. The highest BCUT2D eigenvalue weighted by Gasteiger charge is 2.47. The minimum Gasteiger partial charge on any atom is -0.454 e. The Morgan fingerprint density at radius 1 is 0.419 bits per heavy atom. The third-order valence-electron chi connectivity index (χ3n) is 18.6. The molecule has 0 radical (unpaired) electrons. The first kappa shape index (κ1) is 88.1. The van der Waals surface area contributed by atoms with E-state index < -0.39 is 67.4 Å². The van der Waals surface area contributed by atoms with E-state index in [0.29, 0.717) is 12.8 Å². The molecule has 1 aliphatic rings. The standard InChI is InChI=1S/C82H149NO10/c1-4-7-10-13-16-19-22-24-26-28-30-32-34-36-38-40-42-44-46-48-50-52-55-58-61-64-67-70-77(87)93-80-79(89)78(88)76(71-84)92-82(80)91-72-73(74(85)68-65-62-59-56-53-21-18-15-12-9-6-3)83-81(90)75(86)69-66-63-60-57-54-51-49-47-45-43-41-39-37-35-33-31-29-27-25-23-20-17-14-11-8-5-2/h17,20,24-27,31,33,37,39,65,68,73-76,78-80,82,84-86,88-89H,4-16,18-19,21-23,28-30,32,34-36,38,40-64,66-67,69-72H2,1-3H3,(H,83,90)/b20-17-,26-24+,27-25-,33-31-,39-37-,68-65+. The number of unbranched alkanes of at least 4 members (excludes halogenated alkanes) is 45. The number of amides is 1. The van der Waals surface area contributed by atoms with Crippen molar-refractivity contribution in [3.63, 3.8) is 0 Å². The maximum Gasteiger partial charge on any atom is 0.306 e. The second kappa shape index (κ2) is 69.0. The average Bonchev–Trinajstić information content (AvgIpc) is 0.974. The van der Waals surface area contributed by atoms with E-state index >= 15 is 0 Å². The van der Waals surface area contributed by atoms with Gasteiger partial charge in [0.25, 0.3) is 0 Å². The molecule has 0 aromatic carbocycles. The Morgan fingerprint density at radius 3 is 1.14 bits per heavy atom. The summed E-state index contributed by atoms with van der Waals surface area (Å²) in [6, 6.07) is -1.03. The Labute approximate surface area is 572 Å². The second-order valence-electron chi connectivity index (χ2n) is 27.4. The van der Waals surface area contributed by atoms with Crippen LogP contribution in [0.4, 0.5) is 0 Å². The van der Waals surface area contributed by atoms with Gasteiger partial charge in [-0.15, -0.1) is 0 Å². The van der Waals surface area contributed by atoms with Gasteiger partial charge in [-0.3, -0.25) is 9.59 Å². The molecule has 8 atom stereocenters. The number of carbonyl (C=O) groups is 2. The van der Waals surface area contributed by atoms with Crippen molar-refractivity contribution in [2.45, 2.75) is 423 Å². The van der Waals surface area contributed by atoms with Crippen molar-refractivity contribution >= 4 is 11.9 Å². The number of aliphatic hydroxyl groups is 5. The number of allylic oxidation sites excluding steroid dienone is 11. The lowest BCUT2D eigenvalue weighted by Gasteiger charge is -2.41. The normalized spacial score (nSPS) is 18.2. The number of ether oxygens (including phenoxy) is 3. The summed E-state index contributed by atoms with van der Waals surface area (Å²) in [5, 5.41) is 57.4. The first-order chi connectivity index (χ1) is 45.7. The monoisotopic (exact) mass is 1310 g/mol. The molecule has 0 spiro atoms. The van der Waals surface area contributed by atoms with Crippen LogP contribution in [0.1, 0.15) is 374 Å². The van der Waals surface area contributed by atoms with Crippen LogP contribution in [0.3, 0.4) is 0 Å². The molecule has 1 saturated heterocycles. The molecule has 11 heteroatoms. The minimum absolute atomic E-state index is 0.125. The number of carbonyl (C=O) groups excluding carboxylic acids is 2.